The van der Waals surface area contributed by atoms with Crippen molar-refractivity contribution in [2.24, 2.45) is 0 Å². The van der Waals surface area contributed by atoms with Crippen molar-refractivity contribution in [1.82, 2.24) is 25.3 Å². The van der Waals surface area contributed by atoms with Crippen LogP contribution in [0.5, 0.6) is 0 Å². The maximum atomic E-state index is 4.73. The molecule has 1 aliphatic carbocycles. The molecule has 0 bridgehead atoms. The second-order valence-electron chi connectivity index (χ2n) is 7.05. The zero-order valence-corrected chi connectivity index (χ0v) is 15.1. The molecule has 0 aliphatic heterocycles. The Hall–Kier alpha value is -2.40. The predicted octanol–water partition coefficient (Wildman–Crippen LogP) is 3.69. The van der Waals surface area contributed by atoms with Crippen molar-refractivity contribution in [3.8, 4) is 5.69 Å². The van der Waals surface area contributed by atoms with E-state index in [0.717, 1.165) is 30.8 Å². The molecule has 2 aromatic heterocycles. The molecule has 2 heterocycles. The van der Waals surface area contributed by atoms with E-state index in [2.05, 4.69) is 58.3 Å². The monoisotopic (exact) mass is 335 g/mol. The van der Waals surface area contributed by atoms with Gasteiger partial charge in [0.05, 0.1) is 17.6 Å². The van der Waals surface area contributed by atoms with Crippen molar-refractivity contribution in [3.63, 3.8) is 0 Å². The van der Waals surface area contributed by atoms with Gasteiger partial charge in [-0.3, -0.25) is 5.10 Å². The fourth-order valence-electron chi connectivity index (χ4n) is 3.73. The summed E-state index contributed by atoms with van der Waals surface area (Å²) in [6, 6.07) is 8.88. The number of aromatic amines is 1. The molecular weight excluding hydrogens is 310 g/mol. The van der Waals surface area contributed by atoms with Crippen LogP contribution in [0.15, 0.2) is 30.5 Å². The Balaban J connectivity index is 1.61. The van der Waals surface area contributed by atoms with E-state index in [1.54, 1.807) is 0 Å². The normalized spacial score (nSPS) is 16.8. The number of nitrogens with one attached hydrogen (secondary N) is 2. The van der Waals surface area contributed by atoms with Crippen LogP contribution in [0.25, 0.3) is 5.69 Å². The Morgan fingerprint density at radius 3 is 2.96 bits per heavy atom. The average Bonchev–Trinajstić information content (AvgIpc) is 3.22. The van der Waals surface area contributed by atoms with Gasteiger partial charge in [-0.1, -0.05) is 12.1 Å². The van der Waals surface area contributed by atoms with Gasteiger partial charge in [0.25, 0.3) is 0 Å². The lowest BCUT2D eigenvalue weighted by molar-refractivity contribution is 0.452. The smallest absolute Gasteiger partial charge is 0.0762 e. The van der Waals surface area contributed by atoms with Crippen LogP contribution < -0.4 is 5.32 Å². The zero-order valence-electron chi connectivity index (χ0n) is 15.1. The molecule has 0 amide bonds. The van der Waals surface area contributed by atoms with E-state index >= 15 is 0 Å². The molecule has 25 heavy (non-hydrogen) atoms. The molecule has 2 N–H and O–H groups in total. The summed E-state index contributed by atoms with van der Waals surface area (Å²) in [5, 5.41) is 15.7. The van der Waals surface area contributed by atoms with Gasteiger partial charge in [-0.15, -0.1) is 0 Å². The molecule has 1 aliphatic rings. The number of benzene rings is 1. The summed E-state index contributed by atoms with van der Waals surface area (Å²) < 4.78 is 2.14. The predicted molar refractivity (Wildman–Crippen MR) is 98.9 cm³/mol. The van der Waals surface area contributed by atoms with Gasteiger partial charge in [-0.25, -0.2) is 4.68 Å². The number of fused-ring (bicyclic) bond motifs is 1. The molecule has 3 aromatic rings. The highest BCUT2D eigenvalue weighted by molar-refractivity contribution is 5.46. The number of hydrogen-bond donors (Lipinski definition) is 2. The first kappa shape index (κ1) is 16.1. The Morgan fingerprint density at radius 2 is 2.16 bits per heavy atom. The maximum Gasteiger partial charge on any atom is 0.0762 e. The first-order valence-corrected chi connectivity index (χ1v) is 9.01. The van der Waals surface area contributed by atoms with E-state index in [1.807, 2.05) is 13.1 Å². The van der Waals surface area contributed by atoms with E-state index in [-0.39, 0.29) is 0 Å². The SMILES string of the molecule is Cc1cc(CN[C@H]2CCCc3c2cnn3-c2cccc(C)c2C)n[nH]1. The minimum Gasteiger partial charge on any atom is -0.304 e. The van der Waals surface area contributed by atoms with Crippen molar-refractivity contribution in [2.45, 2.75) is 52.6 Å². The summed E-state index contributed by atoms with van der Waals surface area (Å²) in [4.78, 5) is 0. The first-order chi connectivity index (χ1) is 12.1. The van der Waals surface area contributed by atoms with Crippen LogP contribution in [-0.2, 0) is 13.0 Å². The first-order valence-electron chi connectivity index (χ1n) is 9.01. The van der Waals surface area contributed by atoms with Crippen molar-refractivity contribution in [2.75, 3.05) is 0 Å². The highest BCUT2D eigenvalue weighted by Gasteiger charge is 2.25. The highest BCUT2D eigenvalue weighted by atomic mass is 15.3. The zero-order chi connectivity index (χ0) is 17.4. The maximum absolute atomic E-state index is 4.73. The van der Waals surface area contributed by atoms with Crippen molar-refractivity contribution in [1.29, 1.82) is 0 Å². The van der Waals surface area contributed by atoms with E-state index < -0.39 is 0 Å². The summed E-state index contributed by atoms with van der Waals surface area (Å²) in [7, 11) is 0. The van der Waals surface area contributed by atoms with Gasteiger partial charge in [0.15, 0.2) is 0 Å². The lowest BCUT2D eigenvalue weighted by Gasteiger charge is -2.24. The molecular formula is C20H25N5. The van der Waals surface area contributed by atoms with Crippen LogP contribution in [0.4, 0.5) is 0 Å². The number of hydrogen-bond acceptors (Lipinski definition) is 3. The van der Waals surface area contributed by atoms with Gasteiger partial charge >= 0.3 is 0 Å². The second kappa shape index (κ2) is 6.48. The lowest BCUT2D eigenvalue weighted by atomic mass is 9.92. The standard InChI is InChI=1S/C20H25N5/c1-13-6-4-8-19(15(13)3)25-20-9-5-7-18(17(20)12-22-25)21-11-16-10-14(2)23-24-16/h4,6,8,10,12,18,21H,5,7,9,11H2,1-3H3,(H,23,24)/t18-/m0/s1. The fourth-order valence-corrected chi connectivity index (χ4v) is 3.73. The number of nitrogens with zero attached hydrogens (tertiary/aromatic N) is 3. The minimum absolute atomic E-state index is 0.347. The number of aryl methyl sites for hydroxylation is 2. The van der Waals surface area contributed by atoms with E-state index in [1.165, 1.54) is 34.5 Å². The molecule has 0 saturated heterocycles. The van der Waals surface area contributed by atoms with Gasteiger partial charge in [0, 0.05) is 29.5 Å². The molecule has 0 saturated carbocycles. The number of aromatic nitrogens is 4. The summed E-state index contributed by atoms with van der Waals surface area (Å²) in [5.74, 6) is 0. The molecule has 4 rings (SSSR count). The molecule has 0 radical (unpaired) electrons. The van der Waals surface area contributed by atoms with E-state index in [4.69, 9.17) is 5.10 Å². The lowest BCUT2D eigenvalue weighted by Crippen LogP contribution is -2.25. The van der Waals surface area contributed by atoms with Crippen molar-refractivity contribution < 1.29 is 0 Å². The van der Waals surface area contributed by atoms with Crippen LogP contribution >= 0.6 is 0 Å². The number of rotatable bonds is 4. The molecule has 5 heteroatoms. The van der Waals surface area contributed by atoms with Gasteiger partial charge < -0.3 is 5.32 Å². The van der Waals surface area contributed by atoms with Crippen LogP contribution in [0, 0.1) is 20.8 Å². The Labute approximate surface area is 148 Å². The summed E-state index contributed by atoms with van der Waals surface area (Å²) in [6.45, 7) is 7.15. The van der Waals surface area contributed by atoms with Crippen LogP contribution in [0.2, 0.25) is 0 Å². The third-order valence-corrected chi connectivity index (χ3v) is 5.28. The van der Waals surface area contributed by atoms with Gasteiger partial charge in [-0.05, 0) is 63.3 Å². The molecule has 0 unspecified atom stereocenters. The second-order valence-corrected chi connectivity index (χ2v) is 7.05. The summed E-state index contributed by atoms with van der Waals surface area (Å²) in [5.41, 5.74) is 8.65. The van der Waals surface area contributed by atoms with E-state index in [0.29, 0.717) is 6.04 Å². The largest absolute Gasteiger partial charge is 0.304 e. The quantitative estimate of drug-likeness (QED) is 0.764. The van der Waals surface area contributed by atoms with Gasteiger partial charge in [0.2, 0.25) is 0 Å². The van der Waals surface area contributed by atoms with Gasteiger partial charge in [-0.2, -0.15) is 10.2 Å². The molecule has 1 aromatic carbocycles. The molecule has 1 atom stereocenters. The average molecular weight is 335 g/mol. The molecule has 5 nitrogen and oxygen atoms in total. The molecule has 0 spiro atoms. The molecule has 0 fully saturated rings. The van der Waals surface area contributed by atoms with E-state index in [9.17, 15) is 0 Å². The summed E-state index contributed by atoms with van der Waals surface area (Å²) in [6.07, 6.45) is 5.46. The van der Waals surface area contributed by atoms with Crippen LogP contribution in [0.3, 0.4) is 0 Å². The fraction of sp³-hybridized carbons (Fsp3) is 0.400. The Bertz CT molecular complexity index is 889. The highest BCUT2D eigenvalue weighted by Crippen LogP contribution is 2.32. The minimum atomic E-state index is 0.347. The third-order valence-electron chi connectivity index (χ3n) is 5.28. The Morgan fingerprint density at radius 1 is 1.28 bits per heavy atom. The van der Waals surface area contributed by atoms with Crippen LogP contribution in [-0.4, -0.2) is 20.0 Å². The van der Waals surface area contributed by atoms with Crippen LogP contribution in [0.1, 0.15) is 52.7 Å². The summed E-state index contributed by atoms with van der Waals surface area (Å²) >= 11 is 0. The third kappa shape index (κ3) is 3.00. The van der Waals surface area contributed by atoms with Crippen molar-refractivity contribution >= 4 is 0 Å². The van der Waals surface area contributed by atoms with Crippen molar-refractivity contribution in [3.05, 3.63) is 64.2 Å². The molecule has 130 valence electrons. The Kier molecular flexibility index (Phi) is 4.17. The topological polar surface area (TPSA) is 58.5 Å². The number of H-pyrrole nitrogens is 1. The van der Waals surface area contributed by atoms with Gasteiger partial charge in [0.1, 0.15) is 0 Å².